The molecule has 7 nitrogen and oxygen atoms in total. The molecule has 0 atom stereocenters. The molecular weight excluding hydrogens is 414 g/mol. The minimum Gasteiger partial charge on any atom is -0.322 e. The molecule has 0 radical (unpaired) electrons. The van der Waals surface area contributed by atoms with Crippen LogP contribution in [0.1, 0.15) is 26.5 Å². The highest BCUT2D eigenvalue weighted by molar-refractivity contribution is 6.30. The van der Waals surface area contributed by atoms with E-state index in [0.29, 0.717) is 33.3 Å². The highest BCUT2D eigenvalue weighted by Gasteiger charge is 2.17. The van der Waals surface area contributed by atoms with Gasteiger partial charge in [0.25, 0.3) is 11.8 Å². The third kappa shape index (κ3) is 4.79. The quantitative estimate of drug-likeness (QED) is 0.478. The predicted molar refractivity (Wildman–Crippen MR) is 120 cm³/mol. The van der Waals surface area contributed by atoms with Crippen molar-refractivity contribution in [1.29, 1.82) is 0 Å². The van der Waals surface area contributed by atoms with Crippen LogP contribution in [0.25, 0.3) is 5.69 Å². The van der Waals surface area contributed by atoms with E-state index in [0.717, 1.165) is 0 Å². The first-order valence-electron chi connectivity index (χ1n) is 9.47. The molecule has 3 aromatic carbocycles. The maximum Gasteiger partial charge on any atom is 0.278 e. The molecule has 0 saturated carbocycles. The van der Waals surface area contributed by atoms with E-state index >= 15 is 0 Å². The summed E-state index contributed by atoms with van der Waals surface area (Å²) in [5.74, 6) is -0.637. The Morgan fingerprint density at radius 2 is 1.48 bits per heavy atom. The molecule has 0 spiro atoms. The predicted octanol–water partition coefficient (Wildman–Crippen LogP) is 4.73. The largest absolute Gasteiger partial charge is 0.322 e. The first-order valence-corrected chi connectivity index (χ1v) is 9.85. The Morgan fingerprint density at radius 1 is 0.806 bits per heavy atom. The summed E-state index contributed by atoms with van der Waals surface area (Å²) >= 11 is 6.02. The van der Waals surface area contributed by atoms with Gasteiger partial charge in [-0.3, -0.25) is 9.59 Å². The number of hydrogen-bond acceptors (Lipinski definition) is 4. The van der Waals surface area contributed by atoms with Crippen LogP contribution in [0.4, 0.5) is 11.4 Å². The fraction of sp³-hybridized carbons (Fsp3) is 0.0435. The van der Waals surface area contributed by atoms with Gasteiger partial charge in [0.2, 0.25) is 0 Å². The molecule has 154 valence electrons. The Labute approximate surface area is 183 Å². The Bertz CT molecular complexity index is 1250. The van der Waals surface area contributed by atoms with Gasteiger partial charge in [-0.2, -0.15) is 9.90 Å². The third-order valence-electron chi connectivity index (χ3n) is 4.45. The molecule has 4 rings (SSSR count). The summed E-state index contributed by atoms with van der Waals surface area (Å²) in [5.41, 5.74) is 2.95. The number of halogens is 1. The number of carbonyl (C=O) groups is 2. The summed E-state index contributed by atoms with van der Waals surface area (Å²) in [5, 5.41) is 14.8. The van der Waals surface area contributed by atoms with Gasteiger partial charge in [0.1, 0.15) is 0 Å². The number of anilines is 2. The molecule has 2 N–H and O–H groups in total. The number of carbonyl (C=O) groups excluding carboxylic acids is 2. The van der Waals surface area contributed by atoms with Crippen LogP contribution < -0.4 is 10.6 Å². The van der Waals surface area contributed by atoms with Crippen LogP contribution in [-0.4, -0.2) is 26.8 Å². The van der Waals surface area contributed by atoms with Gasteiger partial charge in [-0.1, -0.05) is 41.9 Å². The average Bonchev–Trinajstić information content (AvgIpc) is 3.16. The van der Waals surface area contributed by atoms with E-state index in [-0.39, 0.29) is 11.6 Å². The molecule has 0 aliphatic carbocycles. The lowest BCUT2D eigenvalue weighted by atomic mass is 10.2. The Morgan fingerprint density at radius 3 is 2.19 bits per heavy atom. The van der Waals surface area contributed by atoms with Crippen molar-refractivity contribution in [3.63, 3.8) is 0 Å². The summed E-state index contributed by atoms with van der Waals surface area (Å²) in [6.07, 6.45) is 0. The summed E-state index contributed by atoms with van der Waals surface area (Å²) < 4.78 is 0. The molecule has 4 aromatic rings. The smallest absolute Gasteiger partial charge is 0.278 e. The number of aromatic nitrogens is 3. The van der Waals surface area contributed by atoms with Crippen molar-refractivity contribution < 1.29 is 9.59 Å². The van der Waals surface area contributed by atoms with Crippen molar-refractivity contribution in [3.05, 3.63) is 101 Å². The standard InChI is InChI=1S/C23H18ClN5O2/c1-15-21(28-29(27-15)20-12-5-9-17(24)13-20)23(31)26-19-11-6-10-18(14-19)25-22(30)16-7-3-2-4-8-16/h2-14H,1H3,(H,25,30)(H,26,31). The fourth-order valence-corrected chi connectivity index (χ4v) is 3.15. The van der Waals surface area contributed by atoms with E-state index in [2.05, 4.69) is 20.8 Å². The van der Waals surface area contributed by atoms with Crippen LogP contribution in [0.5, 0.6) is 0 Å². The van der Waals surface area contributed by atoms with Crippen LogP contribution in [0.2, 0.25) is 5.02 Å². The molecule has 1 heterocycles. The van der Waals surface area contributed by atoms with E-state index in [1.54, 1.807) is 79.7 Å². The summed E-state index contributed by atoms with van der Waals surface area (Å²) in [6, 6.07) is 22.8. The number of nitrogens with zero attached hydrogens (tertiary/aromatic N) is 3. The second kappa shape index (κ2) is 8.81. The summed E-state index contributed by atoms with van der Waals surface area (Å²) in [4.78, 5) is 26.5. The van der Waals surface area contributed by atoms with Gasteiger partial charge in [-0.05, 0) is 55.5 Å². The van der Waals surface area contributed by atoms with Crippen LogP contribution in [0, 0.1) is 6.92 Å². The monoisotopic (exact) mass is 431 g/mol. The first kappa shape index (κ1) is 20.3. The van der Waals surface area contributed by atoms with Gasteiger partial charge in [0.05, 0.1) is 11.4 Å². The second-order valence-electron chi connectivity index (χ2n) is 6.76. The zero-order valence-corrected chi connectivity index (χ0v) is 17.3. The van der Waals surface area contributed by atoms with Crippen molar-refractivity contribution in [3.8, 4) is 5.69 Å². The van der Waals surface area contributed by atoms with Gasteiger partial charge in [-0.25, -0.2) is 0 Å². The molecule has 31 heavy (non-hydrogen) atoms. The number of aryl methyl sites for hydroxylation is 1. The van der Waals surface area contributed by atoms with E-state index in [1.807, 2.05) is 6.07 Å². The van der Waals surface area contributed by atoms with Crippen LogP contribution in [0.15, 0.2) is 78.9 Å². The van der Waals surface area contributed by atoms with Crippen molar-refractivity contribution in [2.75, 3.05) is 10.6 Å². The summed E-state index contributed by atoms with van der Waals surface area (Å²) in [6.45, 7) is 1.71. The zero-order chi connectivity index (χ0) is 21.8. The number of hydrogen-bond donors (Lipinski definition) is 2. The van der Waals surface area contributed by atoms with Crippen molar-refractivity contribution in [1.82, 2.24) is 15.0 Å². The number of nitrogens with one attached hydrogen (secondary N) is 2. The maximum atomic E-state index is 12.8. The minimum absolute atomic E-state index is 0.193. The molecule has 2 amide bonds. The lowest BCUT2D eigenvalue weighted by Crippen LogP contribution is -2.15. The topological polar surface area (TPSA) is 88.9 Å². The molecule has 0 aliphatic heterocycles. The zero-order valence-electron chi connectivity index (χ0n) is 16.5. The minimum atomic E-state index is -0.405. The van der Waals surface area contributed by atoms with E-state index in [4.69, 9.17) is 11.6 Å². The average molecular weight is 432 g/mol. The normalized spacial score (nSPS) is 10.5. The Hall–Kier alpha value is -3.97. The van der Waals surface area contributed by atoms with E-state index in [9.17, 15) is 9.59 Å². The molecule has 0 aliphatic rings. The van der Waals surface area contributed by atoms with Crippen molar-refractivity contribution in [2.45, 2.75) is 6.92 Å². The van der Waals surface area contributed by atoms with Crippen LogP contribution >= 0.6 is 11.6 Å². The number of benzene rings is 3. The van der Waals surface area contributed by atoms with Gasteiger partial charge < -0.3 is 10.6 Å². The Balaban J connectivity index is 1.49. The SMILES string of the molecule is Cc1nn(-c2cccc(Cl)c2)nc1C(=O)Nc1cccc(NC(=O)c2ccccc2)c1. The fourth-order valence-electron chi connectivity index (χ4n) is 2.96. The molecular formula is C23H18ClN5O2. The highest BCUT2D eigenvalue weighted by Crippen LogP contribution is 2.18. The van der Waals surface area contributed by atoms with Gasteiger partial charge in [0.15, 0.2) is 5.69 Å². The maximum absolute atomic E-state index is 12.8. The van der Waals surface area contributed by atoms with E-state index < -0.39 is 5.91 Å². The Kier molecular flexibility index (Phi) is 5.77. The van der Waals surface area contributed by atoms with Gasteiger partial charge in [-0.15, -0.1) is 5.10 Å². The van der Waals surface area contributed by atoms with Gasteiger partial charge in [0, 0.05) is 22.0 Å². The lowest BCUT2D eigenvalue weighted by Gasteiger charge is -2.08. The molecule has 0 bridgehead atoms. The molecule has 8 heteroatoms. The van der Waals surface area contributed by atoms with Crippen LogP contribution in [-0.2, 0) is 0 Å². The van der Waals surface area contributed by atoms with Crippen molar-refractivity contribution in [2.24, 2.45) is 0 Å². The van der Waals surface area contributed by atoms with Crippen LogP contribution in [0.3, 0.4) is 0 Å². The summed E-state index contributed by atoms with van der Waals surface area (Å²) in [7, 11) is 0. The lowest BCUT2D eigenvalue weighted by molar-refractivity contribution is 0.101. The molecule has 1 aromatic heterocycles. The second-order valence-corrected chi connectivity index (χ2v) is 7.19. The molecule has 0 fully saturated rings. The molecule has 0 unspecified atom stereocenters. The number of amides is 2. The molecule has 0 saturated heterocycles. The van der Waals surface area contributed by atoms with E-state index in [1.165, 1.54) is 4.80 Å². The number of rotatable bonds is 5. The van der Waals surface area contributed by atoms with Gasteiger partial charge >= 0.3 is 0 Å². The first-order chi connectivity index (χ1) is 15.0. The third-order valence-corrected chi connectivity index (χ3v) is 4.69. The highest BCUT2D eigenvalue weighted by atomic mass is 35.5. The van der Waals surface area contributed by atoms with Crippen molar-refractivity contribution >= 4 is 34.8 Å².